The summed E-state index contributed by atoms with van der Waals surface area (Å²) in [6, 6.07) is 7.68. The molecular formula is C14H17N3O. The van der Waals surface area contributed by atoms with Crippen LogP contribution in [0.25, 0.3) is 0 Å². The van der Waals surface area contributed by atoms with Gasteiger partial charge in [-0.25, -0.2) is 0 Å². The highest BCUT2D eigenvalue weighted by Crippen LogP contribution is 2.20. The van der Waals surface area contributed by atoms with Gasteiger partial charge in [-0.05, 0) is 38.0 Å². The summed E-state index contributed by atoms with van der Waals surface area (Å²) in [6.07, 6.45) is 1.64. The minimum Gasteiger partial charge on any atom is -0.320 e. The summed E-state index contributed by atoms with van der Waals surface area (Å²) in [5, 5.41) is 7.05. The predicted octanol–water partition coefficient (Wildman–Crippen LogP) is 2.77. The zero-order valence-corrected chi connectivity index (χ0v) is 10.9. The van der Waals surface area contributed by atoms with Crippen LogP contribution < -0.4 is 5.32 Å². The smallest absolute Gasteiger partial charge is 0.273 e. The van der Waals surface area contributed by atoms with E-state index in [0.717, 1.165) is 16.8 Å². The number of hydrogen-bond acceptors (Lipinski definition) is 2. The second-order valence-electron chi connectivity index (χ2n) is 4.25. The van der Waals surface area contributed by atoms with Crippen molar-refractivity contribution in [1.29, 1.82) is 0 Å². The zero-order chi connectivity index (χ0) is 13.1. The first-order chi connectivity index (χ1) is 8.63. The molecule has 0 aliphatic heterocycles. The quantitative estimate of drug-likeness (QED) is 0.901. The van der Waals surface area contributed by atoms with Crippen molar-refractivity contribution in [2.24, 2.45) is 0 Å². The molecule has 1 amide bonds. The maximum absolute atomic E-state index is 12.2. The Morgan fingerprint density at radius 3 is 2.56 bits per heavy atom. The summed E-state index contributed by atoms with van der Waals surface area (Å²) in [6.45, 7) is 6.62. The van der Waals surface area contributed by atoms with E-state index >= 15 is 0 Å². The Labute approximate surface area is 107 Å². The molecule has 0 aliphatic carbocycles. The maximum atomic E-state index is 12.2. The van der Waals surface area contributed by atoms with Crippen LogP contribution in [0.5, 0.6) is 0 Å². The van der Waals surface area contributed by atoms with Crippen LogP contribution in [0.15, 0.2) is 30.5 Å². The third-order valence-electron chi connectivity index (χ3n) is 2.97. The van der Waals surface area contributed by atoms with Crippen LogP contribution in [0.2, 0.25) is 0 Å². The highest BCUT2D eigenvalue weighted by atomic mass is 16.2. The van der Waals surface area contributed by atoms with Gasteiger partial charge in [0, 0.05) is 18.4 Å². The summed E-state index contributed by atoms with van der Waals surface area (Å²) in [4.78, 5) is 12.2. The molecule has 0 unspecified atom stereocenters. The highest BCUT2D eigenvalue weighted by molar-refractivity contribution is 6.03. The molecule has 1 aromatic carbocycles. The number of anilines is 1. The molecule has 0 bridgehead atoms. The average Bonchev–Trinajstić information content (AvgIpc) is 2.82. The van der Waals surface area contributed by atoms with Gasteiger partial charge in [0.05, 0.1) is 0 Å². The van der Waals surface area contributed by atoms with Gasteiger partial charge in [-0.1, -0.05) is 18.2 Å². The van der Waals surface area contributed by atoms with Crippen LogP contribution in [0.4, 0.5) is 5.69 Å². The first kappa shape index (κ1) is 12.4. The van der Waals surface area contributed by atoms with Crippen LogP contribution in [0.1, 0.15) is 28.5 Å². The van der Waals surface area contributed by atoms with Gasteiger partial charge in [0.1, 0.15) is 5.69 Å². The van der Waals surface area contributed by atoms with Gasteiger partial charge >= 0.3 is 0 Å². The number of carbonyl (C=O) groups excluding carboxylic acids is 1. The van der Waals surface area contributed by atoms with Gasteiger partial charge in [-0.15, -0.1) is 0 Å². The third kappa shape index (κ3) is 2.27. The summed E-state index contributed by atoms with van der Waals surface area (Å²) < 4.78 is 1.68. The Kier molecular flexibility index (Phi) is 3.46. The van der Waals surface area contributed by atoms with Crippen LogP contribution in [0.3, 0.4) is 0 Å². The van der Waals surface area contributed by atoms with Crippen molar-refractivity contribution >= 4 is 11.6 Å². The number of carbonyl (C=O) groups is 1. The standard InChI is InChI=1S/C14H17N3O/c1-4-17-12(8-9-15-17)14(18)16-13-10(2)6-5-7-11(13)3/h5-9H,4H2,1-3H3,(H,16,18). The number of aryl methyl sites for hydroxylation is 3. The molecule has 0 atom stereocenters. The molecule has 1 aromatic heterocycles. The number of nitrogens with one attached hydrogen (secondary N) is 1. The molecule has 4 heteroatoms. The van der Waals surface area contributed by atoms with Crippen LogP contribution >= 0.6 is 0 Å². The molecule has 0 spiro atoms. The number of aromatic nitrogens is 2. The lowest BCUT2D eigenvalue weighted by atomic mass is 10.1. The van der Waals surface area contributed by atoms with E-state index in [4.69, 9.17) is 0 Å². The van der Waals surface area contributed by atoms with Crippen molar-refractivity contribution in [1.82, 2.24) is 9.78 Å². The average molecular weight is 243 g/mol. The first-order valence-corrected chi connectivity index (χ1v) is 6.03. The van der Waals surface area contributed by atoms with Gasteiger partial charge in [0.25, 0.3) is 5.91 Å². The molecule has 18 heavy (non-hydrogen) atoms. The molecule has 0 fully saturated rings. The van der Waals surface area contributed by atoms with E-state index < -0.39 is 0 Å². The Bertz CT molecular complexity index is 552. The van der Waals surface area contributed by atoms with Gasteiger partial charge in [0.2, 0.25) is 0 Å². The van der Waals surface area contributed by atoms with Crippen molar-refractivity contribution in [2.75, 3.05) is 5.32 Å². The van der Waals surface area contributed by atoms with E-state index in [1.54, 1.807) is 16.9 Å². The van der Waals surface area contributed by atoms with Crippen molar-refractivity contribution < 1.29 is 4.79 Å². The van der Waals surface area contributed by atoms with Gasteiger partial charge in [0.15, 0.2) is 0 Å². The molecule has 94 valence electrons. The minimum atomic E-state index is -0.119. The Morgan fingerprint density at radius 1 is 1.28 bits per heavy atom. The normalized spacial score (nSPS) is 10.4. The molecule has 0 radical (unpaired) electrons. The Hall–Kier alpha value is -2.10. The van der Waals surface area contributed by atoms with Gasteiger partial charge in [-0.2, -0.15) is 5.10 Å². The number of benzene rings is 1. The number of rotatable bonds is 3. The fourth-order valence-electron chi connectivity index (χ4n) is 1.97. The minimum absolute atomic E-state index is 0.119. The van der Waals surface area contributed by atoms with Crippen molar-refractivity contribution in [3.05, 3.63) is 47.3 Å². The van der Waals surface area contributed by atoms with Gasteiger partial charge < -0.3 is 5.32 Å². The van der Waals surface area contributed by atoms with E-state index in [-0.39, 0.29) is 5.91 Å². The monoisotopic (exact) mass is 243 g/mol. The van der Waals surface area contributed by atoms with Crippen molar-refractivity contribution in [3.63, 3.8) is 0 Å². The van der Waals surface area contributed by atoms with E-state index in [1.807, 2.05) is 39.0 Å². The fraction of sp³-hybridized carbons (Fsp3) is 0.286. The molecule has 2 rings (SSSR count). The lowest BCUT2D eigenvalue weighted by Crippen LogP contribution is -2.18. The molecule has 0 saturated heterocycles. The largest absolute Gasteiger partial charge is 0.320 e. The molecule has 2 aromatic rings. The van der Waals surface area contributed by atoms with E-state index in [0.29, 0.717) is 12.2 Å². The summed E-state index contributed by atoms with van der Waals surface area (Å²) >= 11 is 0. The Balaban J connectivity index is 2.27. The zero-order valence-electron chi connectivity index (χ0n) is 10.9. The van der Waals surface area contributed by atoms with Crippen molar-refractivity contribution in [2.45, 2.75) is 27.3 Å². The molecule has 1 N–H and O–H groups in total. The van der Waals surface area contributed by atoms with E-state index in [9.17, 15) is 4.79 Å². The van der Waals surface area contributed by atoms with E-state index in [2.05, 4.69) is 10.4 Å². The van der Waals surface area contributed by atoms with Crippen LogP contribution in [-0.4, -0.2) is 15.7 Å². The van der Waals surface area contributed by atoms with E-state index in [1.165, 1.54) is 0 Å². The third-order valence-corrected chi connectivity index (χ3v) is 2.97. The number of hydrogen-bond donors (Lipinski definition) is 1. The fourth-order valence-corrected chi connectivity index (χ4v) is 1.97. The predicted molar refractivity (Wildman–Crippen MR) is 71.8 cm³/mol. The summed E-state index contributed by atoms with van der Waals surface area (Å²) in [5.74, 6) is -0.119. The molecule has 4 nitrogen and oxygen atoms in total. The summed E-state index contributed by atoms with van der Waals surface area (Å²) in [5.41, 5.74) is 3.59. The maximum Gasteiger partial charge on any atom is 0.273 e. The first-order valence-electron chi connectivity index (χ1n) is 6.03. The topological polar surface area (TPSA) is 46.9 Å². The summed E-state index contributed by atoms with van der Waals surface area (Å²) in [7, 11) is 0. The number of nitrogens with zero attached hydrogens (tertiary/aromatic N) is 2. The van der Waals surface area contributed by atoms with Crippen molar-refractivity contribution in [3.8, 4) is 0 Å². The number of amides is 1. The second-order valence-corrected chi connectivity index (χ2v) is 4.25. The molecular weight excluding hydrogens is 226 g/mol. The van der Waals surface area contributed by atoms with Crippen LogP contribution in [-0.2, 0) is 6.54 Å². The second kappa shape index (κ2) is 5.04. The highest BCUT2D eigenvalue weighted by Gasteiger charge is 2.13. The van der Waals surface area contributed by atoms with Crippen LogP contribution in [0, 0.1) is 13.8 Å². The SMILES string of the molecule is CCn1nccc1C(=O)Nc1c(C)cccc1C. The van der Waals surface area contributed by atoms with Gasteiger partial charge in [-0.3, -0.25) is 9.48 Å². The molecule has 0 saturated carbocycles. The number of para-hydroxylation sites is 1. The molecule has 0 aliphatic rings. The lowest BCUT2D eigenvalue weighted by Gasteiger charge is -2.11. The molecule has 1 heterocycles. The lowest BCUT2D eigenvalue weighted by molar-refractivity contribution is 0.101. The Morgan fingerprint density at radius 2 is 1.94 bits per heavy atom.